The average Bonchev–Trinajstić information content (AvgIpc) is 3.32. The third-order valence-electron chi connectivity index (χ3n) is 4.74. The molecule has 0 spiro atoms. The molecule has 7 heteroatoms. The number of hydrogen-bond donors (Lipinski definition) is 0. The first-order valence-corrected chi connectivity index (χ1v) is 10.2. The van der Waals surface area contributed by atoms with Gasteiger partial charge in [0.2, 0.25) is 0 Å². The van der Waals surface area contributed by atoms with Crippen LogP contribution < -0.4 is 0 Å². The van der Waals surface area contributed by atoms with Crippen molar-refractivity contribution in [1.29, 1.82) is 0 Å². The molecule has 0 bridgehead atoms. The lowest BCUT2D eigenvalue weighted by atomic mass is 10.2. The summed E-state index contributed by atoms with van der Waals surface area (Å²) in [5, 5.41) is 4.35. The summed E-state index contributed by atoms with van der Waals surface area (Å²) in [6, 6.07) is 14.1. The van der Waals surface area contributed by atoms with Crippen molar-refractivity contribution in [2.45, 2.75) is 13.1 Å². The van der Waals surface area contributed by atoms with Crippen molar-refractivity contribution in [3.8, 4) is 0 Å². The Balaban J connectivity index is 1.31. The minimum atomic E-state index is 0.0631. The molecule has 5 nitrogen and oxygen atoms in total. The van der Waals surface area contributed by atoms with Gasteiger partial charge in [-0.25, -0.2) is 0 Å². The van der Waals surface area contributed by atoms with Crippen LogP contribution in [-0.4, -0.2) is 51.7 Å². The molecule has 3 aromatic rings. The van der Waals surface area contributed by atoms with Gasteiger partial charge in [0.15, 0.2) is 0 Å². The standard InChI is InChI=1S/C20H21ClN4OS/c21-19-7-6-18(27-19)15-23-8-10-24(11-9-23)20(26)17-12-22-25(14-17)13-16-4-2-1-3-5-16/h1-7,12,14H,8-11,13,15H2. The molecule has 1 saturated heterocycles. The molecule has 0 saturated carbocycles. The van der Waals surface area contributed by atoms with Crippen LogP contribution in [-0.2, 0) is 13.1 Å². The van der Waals surface area contributed by atoms with Gasteiger partial charge in [-0.2, -0.15) is 5.10 Å². The summed E-state index contributed by atoms with van der Waals surface area (Å²) in [6.45, 7) is 4.79. The molecular formula is C20H21ClN4OS. The van der Waals surface area contributed by atoms with Gasteiger partial charge in [0.25, 0.3) is 5.91 Å². The van der Waals surface area contributed by atoms with E-state index in [1.54, 1.807) is 17.5 Å². The zero-order valence-corrected chi connectivity index (χ0v) is 16.5. The van der Waals surface area contributed by atoms with Crippen molar-refractivity contribution < 1.29 is 4.79 Å². The Hall–Kier alpha value is -2.15. The Labute approximate surface area is 167 Å². The highest BCUT2D eigenvalue weighted by molar-refractivity contribution is 7.16. The predicted octanol–water partition coefficient (Wildman–Crippen LogP) is 3.60. The molecule has 3 heterocycles. The van der Waals surface area contributed by atoms with Crippen LogP contribution in [0.5, 0.6) is 0 Å². The summed E-state index contributed by atoms with van der Waals surface area (Å²) in [7, 11) is 0. The molecule has 0 radical (unpaired) electrons. The largest absolute Gasteiger partial charge is 0.336 e. The highest BCUT2D eigenvalue weighted by Gasteiger charge is 2.23. The smallest absolute Gasteiger partial charge is 0.257 e. The first-order valence-electron chi connectivity index (χ1n) is 8.99. The fraction of sp³-hybridized carbons (Fsp3) is 0.300. The number of halogens is 1. The van der Waals surface area contributed by atoms with E-state index in [0.29, 0.717) is 12.1 Å². The van der Waals surface area contributed by atoms with E-state index in [9.17, 15) is 4.79 Å². The van der Waals surface area contributed by atoms with E-state index in [2.05, 4.69) is 28.2 Å². The number of thiophene rings is 1. The molecule has 0 atom stereocenters. The third-order valence-corrected chi connectivity index (χ3v) is 5.95. The number of piperazine rings is 1. The first kappa shape index (κ1) is 18.2. The van der Waals surface area contributed by atoms with Gasteiger partial charge in [-0.1, -0.05) is 41.9 Å². The van der Waals surface area contributed by atoms with E-state index in [-0.39, 0.29) is 5.91 Å². The zero-order valence-electron chi connectivity index (χ0n) is 14.9. The van der Waals surface area contributed by atoms with Crippen LogP contribution in [0.3, 0.4) is 0 Å². The Morgan fingerprint density at radius 2 is 1.81 bits per heavy atom. The van der Waals surface area contributed by atoms with E-state index in [1.807, 2.05) is 40.0 Å². The minimum Gasteiger partial charge on any atom is -0.336 e. The Morgan fingerprint density at radius 3 is 2.52 bits per heavy atom. The van der Waals surface area contributed by atoms with Crippen molar-refractivity contribution in [1.82, 2.24) is 19.6 Å². The van der Waals surface area contributed by atoms with Crippen molar-refractivity contribution in [2.24, 2.45) is 0 Å². The van der Waals surface area contributed by atoms with E-state index >= 15 is 0 Å². The molecule has 27 heavy (non-hydrogen) atoms. The van der Waals surface area contributed by atoms with E-state index in [1.165, 1.54) is 10.4 Å². The van der Waals surface area contributed by atoms with Crippen molar-refractivity contribution in [3.63, 3.8) is 0 Å². The van der Waals surface area contributed by atoms with Crippen LogP contribution in [0.4, 0.5) is 0 Å². The molecule has 140 valence electrons. The molecule has 2 aromatic heterocycles. The van der Waals surface area contributed by atoms with Crippen molar-refractivity contribution in [3.05, 3.63) is 75.2 Å². The van der Waals surface area contributed by atoms with Gasteiger partial charge >= 0.3 is 0 Å². The molecule has 1 aromatic carbocycles. The number of nitrogens with zero attached hydrogens (tertiary/aromatic N) is 4. The summed E-state index contributed by atoms with van der Waals surface area (Å²) in [5.74, 6) is 0.0631. The summed E-state index contributed by atoms with van der Waals surface area (Å²) < 4.78 is 2.64. The van der Waals surface area contributed by atoms with E-state index in [0.717, 1.165) is 37.1 Å². The highest BCUT2D eigenvalue weighted by Crippen LogP contribution is 2.23. The quantitative estimate of drug-likeness (QED) is 0.657. The number of carbonyl (C=O) groups excluding carboxylic acids is 1. The Morgan fingerprint density at radius 1 is 1.04 bits per heavy atom. The van der Waals surface area contributed by atoms with Gasteiger partial charge in [0.1, 0.15) is 0 Å². The topological polar surface area (TPSA) is 41.4 Å². The molecule has 0 unspecified atom stereocenters. The molecular weight excluding hydrogens is 380 g/mol. The summed E-state index contributed by atoms with van der Waals surface area (Å²) in [5.41, 5.74) is 1.83. The Kier molecular flexibility index (Phi) is 5.57. The summed E-state index contributed by atoms with van der Waals surface area (Å²) in [6.07, 6.45) is 3.51. The second-order valence-corrected chi connectivity index (χ2v) is 8.49. The fourth-order valence-corrected chi connectivity index (χ4v) is 4.41. The third kappa shape index (κ3) is 4.58. The van der Waals surface area contributed by atoms with E-state index in [4.69, 9.17) is 11.6 Å². The Bertz CT molecular complexity index is 900. The van der Waals surface area contributed by atoms with Gasteiger partial charge in [-0.3, -0.25) is 14.4 Å². The number of carbonyl (C=O) groups is 1. The fourth-order valence-electron chi connectivity index (χ4n) is 3.28. The lowest BCUT2D eigenvalue weighted by molar-refractivity contribution is 0.0629. The summed E-state index contributed by atoms with van der Waals surface area (Å²) >= 11 is 7.62. The van der Waals surface area contributed by atoms with Crippen LogP contribution in [0, 0.1) is 0 Å². The minimum absolute atomic E-state index is 0.0631. The highest BCUT2D eigenvalue weighted by atomic mass is 35.5. The number of hydrogen-bond acceptors (Lipinski definition) is 4. The van der Waals surface area contributed by atoms with Crippen LogP contribution >= 0.6 is 22.9 Å². The van der Waals surface area contributed by atoms with Crippen molar-refractivity contribution >= 4 is 28.8 Å². The molecule has 1 aliphatic heterocycles. The maximum absolute atomic E-state index is 12.8. The van der Waals surface area contributed by atoms with Gasteiger partial charge in [0, 0.05) is 43.8 Å². The summed E-state index contributed by atoms with van der Waals surface area (Å²) in [4.78, 5) is 18.3. The zero-order chi connectivity index (χ0) is 18.6. The normalized spacial score (nSPS) is 15.2. The van der Waals surface area contributed by atoms with Gasteiger partial charge in [0.05, 0.1) is 22.6 Å². The van der Waals surface area contributed by atoms with Crippen molar-refractivity contribution in [2.75, 3.05) is 26.2 Å². The van der Waals surface area contributed by atoms with Crippen LogP contribution in [0.1, 0.15) is 20.8 Å². The lowest BCUT2D eigenvalue weighted by Crippen LogP contribution is -2.48. The van der Waals surface area contributed by atoms with Crippen LogP contribution in [0.25, 0.3) is 0 Å². The number of rotatable bonds is 5. The number of benzene rings is 1. The van der Waals surface area contributed by atoms with Gasteiger partial charge in [-0.15, -0.1) is 11.3 Å². The first-order chi connectivity index (χ1) is 13.2. The molecule has 1 aliphatic rings. The van der Waals surface area contributed by atoms with E-state index < -0.39 is 0 Å². The molecule has 0 N–H and O–H groups in total. The number of amides is 1. The van der Waals surface area contributed by atoms with Gasteiger partial charge in [-0.05, 0) is 17.7 Å². The maximum Gasteiger partial charge on any atom is 0.257 e. The SMILES string of the molecule is O=C(c1cnn(Cc2ccccc2)c1)N1CCN(Cc2ccc(Cl)s2)CC1. The molecule has 1 fully saturated rings. The predicted molar refractivity (Wildman–Crippen MR) is 108 cm³/mol. The maximum atomic E-state index is 12.8. The second-order valence-electron chi connectivity index (χ2n) is 6.69. The molecule has 4 rings (SSSR count). The average molecular weight is 401 g/mol. The number of aromatic nitrogens is 2. The van der Waals surface area contributed by atoms with Gasteiger partial charge < -0.3 is 4.90 Å². The molecule has 1 amide bonds. The second kappa shape index (κ2) is 8.25. The molecule has 0 aliphatic carbocycles. The van der Waals surface area contributed by atoms with Crippen LogP contribution in [0.15, 0.2) is 54.9 Å². The van der Waals surface area contributed by atoms with Crippen LogP contribution in [0.2, 0.25) is 4.34 Å². The monoisotopic (exact) mass is 400 g/mol. The lowest BCUT2D eigenvalue weighted by Gasteiger charge is -2.34.